The van der Waals surface area contributed by atoms with Crippen molar-refractivity contribution in [2.45, 2.75) is 6.54 Å². The van der Waals surface area contributed by atoms with E-state index in [0.29, 0.717) is 16.4 Å². The van der Waals surface area contributed by atoms with E-state index in [1.807, 2.05) is 11.4 Å². The van der Waals surface area contributed by atoms with Crippen LogP contribution < -0.4 is 0 Å². The highest BCUT2D eigenvalue weighted by molar-refractivity contribution is 7.12. The Hall–Kier alpha value is -1.63. The molecule has 0 aliphatic carbocycles. The van der Waals surface area contributed by atoms with Crippen LogP contribution in [0.5, 0.6) is 0 Å². The fraction of sp³-hybridized carbons (Fsp3) is 0.143. The maximum absolute atomic E-state index is 12.2. The first-order valence-electron chi connectivity index (χ1n) is 5.94. The lowest BCUT2D eigenvalue weighted by molar-refractivity contribution is -0.131. The molecule has 0 fully saturated rings. The van der Waals surface area contributed by atoms with E-state index in [2.05, 4.69) is 0 Å². The molecule has 0 atom stereocenters. The van der Waals surface area contributed by atoms with Crippen molar-refractivity contribution in [2.75, 3.05) is 7.05 Å². The molecule has 2 aromatic rings. The Balaban J connectivity index is 2.03. The number of hydrogen-bond acceptors (Lipinski definition) is 4. The van der Waals surface area contributed by atoms with Crippen molar-refractivity contribution in [1.29, 1.82) is 0 Å². The summed E-state index contributed by atoms with van der Waals surface area (Å²) >= 11 is 8.76. The van der Waals surface area contributed by atoms with E-state index >= 15 is 0 Å². The van der Waals surface area contributed by atoms with Crippen LogP contribution in [-0.4, -0.2) is 28.9 Å². The molecule has 0 aromatic carbocycles. The lowest BCUT2D eigenvalue weighted by atomic mass is 10.2. The zero-order valence-electron chi connectivity index (χ0n) is 11.1. The lowest BCUT2D eigenvalue weighted by Gasteiger charge is -2.15. The number of carbonyl (C=O) groups excluding carboxylic acids is 1. The molecule has 0 saturated heterocycles. The SMILES string of the molecule is CN(Cc1cc(/C=C/C(=O)O)cs1)C(=O)c1sccc1Cl. The van der Waals surface area contributed by atoms with Crippen LogP contribution in [0.3, 0.4) is 0 Å². The van der Waals surface area contributed by atoms with Gasteiger partial charge in [0.25, 0.3) is 5.91 Å². The predicted molar refractivity (Wildman–Crippen MR) is 86.1 cm³/mol. The summed E-state index contributed by atoms with van der Waals surface area (Å²) in [7, 11) is 1.71. The van der Waals surface area contributed by atoms with E-state index in [-0.39, 0.29) is 5.91 Å². The van der Waals surface area contributed by atoms with Crippen LogP contribution in [0.1, 0.15) is 20.1 Å². The van der Waals surface area contributed by atoms with Crippen LogP contribution in [0.15, 0.2) is 29.0 Å². The van der Waals surface area contributed by atoms with Gasteiger partial charge < -0.3 is 10.0 Å². The average Bonchev–Trinajstić information content (AvgIpc) is 3.04. The van der Waals surface area contributed by atoms with Crippen molar-refractivity contribution in [3.63, 3.8) is 0 Å². The molecule has 1 N–H and O–H groups in total. The minimum Gasteiger partial charge on any atom is -0.478 e. The first-order chi connectivity index (χ1) is 9.97. The van der Waals surface area contributed by atoms with E-state index in [4.69, 9.17) is 16.7 Å². The average molecular weight is 342 g/mol. The second kappa shape index (κ2) is 6.89. The van der Waals surface area contributed by atoms with E-state index in [0.717, 1.165) is 16.5 Å². The van der Waals surface area contributed by atoms with Crippen molar-refractivity contribution in [3.05, 3.63) is 49.3 Å². The number of carboxylic acids is 1. The van der Waals surface area contributed by atoms with Gasteiger partial charge in [0.1, 0.15) is 4.88 Å². The summed E-state index contributed by atoms with van der Waals surface area (Å²) in [6, 6.07) is 3.57. The quantitative estimate of drug-likeness (QED) is 0.841. The number of hydrogen-bond donors (Lipinski definition) is 1. The first-order valence-corrected chi connectivity index (χ1v) is 8.08. The highest BCUT2D eigenvalue weighted by Crippen LogP contribution is 2.25. The van der Waals surface area contributed by atoms with Crippen LogP contribution >= 0.6 is 34.3 Å². The summed E-state index contributed by atoms with van der Waals surface area (Å²) < 4.78 is 0. The summed E-state index contributed by atoms with van der Waals surface area (Å²) in [5.41, 5.74) is 0.812. The number of carboxylic acid groups (broad SMARTS) is 1. The highest BCUT2D eigenvalue weighted by Gasteiger charge is 2.17. The molecule has 0 aliphatic rings. The van der Waals surface area contributed by atoms with E-state index in [1.54, 1.807) is 23.4 Å². The van der Waals surface area contributed by atoms with Gasteiger partial charge in [0.2, 0.25) is 0 Å². The number of nitrogens with zero attached hydrogens (tertiary/aromatic N) is 1. The second-order valence-electron chi connectivity index (χ2n) is 4.28. The van der Waals surface area contributed by atoms with E-state index < -0.39 is 5.97 Å². The standard InChI is InChI=1S/C14H12ClNO3S2/c1-16(14(19)13-11(15)4-5-20-13)7-10-6-9(8-21-10)2-3-12(17)18/h2-6,8H,7H2,1H3,(H,17,18)/b3-2+. The van der Waals surface area contributed by atoms with Gasteiger partial charge in [-0.2, -0.15) is 0 Å². The smallest absolute Gasteiger partial charge is 0.328 e. The Kier molecular flexibility index (Phi) is 5.17. The van der Waals surface area contributed by atoms with Crippen LogP contribution in [0, 0.1) is 0 Å². The van der Waals surface area contributed by atoms with Gasteiger partial charge in [0.15, 0.2) is 0 Å². The van der Waals surface area contributed by atoms with Crippen LogP contribution in [-0.2, 0) is 11.3 Å². The largest absolute Gasteiger partial charge is 0.478 e. The fourth-order valence-corrected chi connectivity index (χ4v) is 3.70. The van der Waals surface area contributed by atoms with Crippen molar-refractivity contribution in [2.24, 2.45) is 0 Å². The molecule has 2 rings (SSSR count). The molecule has 21 heavy (non-hydrogen) atoms. The molecular formula is C14H12ClNO3S2. The molecule has 0 unspecified atom stereocenters. The summed E-state index contributed by atoms with van der Waals surface area (Å²) in [6.07, 6.45) is 2.62. The molecule has 0 radical (unpaired) electrons. The zero-order chi connectivity index (χ0) is 15.4. The normalized spacial score (nSPS) is 11.0. The minimum atomic E-state index is -0.984. The number of rotatable bonds is 5. The summed E-state index contributed by atoms with van der Waals surface area (Å²) in [5.74, 6) is -1.10. The number of halogens is 1. The van der Waals surface area contributed by atoms with Gasteiger partial charge in [-0.3, -0.25) is 4.79 Å². The Morgan fingerprint density at radius 2 is 2.19 bits per heavy atom. The van der Waals surface area contributed by atoms with Crippen LogP contribution in [0.2, 0.25) is 5.02 Å². The second-order valence-corrected chi connectivity index (χ2v) is 6.60. The number of amides is 1. The maximum Gasteiger partial charge on any atom is 0.328 e. The van der Waals surface area contributed by atoms with Gasteiger partial charge in [-0.05, 0) is 34.5 Å². The molecule has 0 aliphatic heterocycles. The van der Waals surface area contributed by atoms with Gasteiger partial charge in [-0.25, -0.2) is 4.79 Å². The fourth-order valence-electron chi connectivity index (χ4n) is 1.66. The summed E-state index contributed by atoms with van der Waals surface area (Å²) in [6.45, 7) is 0.457. The topological polar surface area (TPSA) is 57.6 Å². The monoisotopic (exact) mass is 341 g/mol. The number of carbonyl (C=O) groups is 2. The third-order valence-corrected chi connectivity index (χ3v) is 4.91. The number of aliphatic carboxylic acids is 1. The molecule has 1 amide bonds. The van der Waals surface area contributed by atoms with Gasteiger partial charge in [-0.15, -0.1) is 22.7 Å². The molecule has 0 saturated carbocycles. The number of thiophene rings is 2. The van der Waals surface area contributed by atoms with Crippen LogP contribution in [0.4, 0.5) is 0 Å². The molecule has 0 bridgehead atoms. The van der Waals surface area contributed by atoms with Gasteiger partial charge in [-0.1, -0.05) is 11.6 Å². The van der Waals surface area contributed by atoms with E-state index in [1.165, 1.54) is 28.7 Å². The van der Waals surface area contributed by atoms with Crippen LogP contribution in [0.25, 0.3) is 6.08 Å². The minimum absolute atomic E-state index is 0.119. The molecule has 0 spiro atoms. The van der Waals surface area contributed by atoms with Gasteiger partial charge in [0, 0.05) is 18.0 Å². The maximum atomic E-state index is 12.2. The Bertz CT molecular complexity index is 690. The summed E-state index contributed by atoms with van der Waals surface area (Å²) in [5, 5.41) is 12.7. The molecule has 2 aromatic heterocycles. The summed E-state index contributed by atoms with van der Waals surface area (Å²) in [4.78, 5) is 25.8. The predicted octanol–water partition coefficient (Wildman–Crippen LogP) is 3.83. The van der Waals surface area contributed by atoms with E-state index in [9.17, 15) is 9.59 Å². The third kappa shape index (κ3) is 4.17. The third-order valence-electron chi connectivity index (χ3n) is 2.64. The van der Waals surface area contributed by atoms with Crippen molar-refractivity contribution < 1.29 is 14.7 Å². The zero-order valence-corrected chi connectivity index (χ0v) is 13.5. The highest BCUT2D eigenvalue weighted by atomic mass is 35.5. The Morgan fingerprint density at radius 3 is 2.81 bits per heavy atom. The van der Waals surface area contributed by atoms with Gasteiger partial charge >= 0.3 is 5.97 Å². The molecule has 2 heterocycles. The van der Waals surface area contributed by atoms with Crippen molar-refractivity contribution >= 4 is 52.2 Å². The Morgan fingerprint density at radius 1 is 1.43 bits per heavy atom. The van der Waals surface area contributed by atoms with Crippen molar-refractivity contribution in [1.82, 2.24) is 4.90 Å². The van der Waals surface area contributed by atoms with Crippen molar-refractivity contribution in [3.8, 4) is 0 Å². The molecule has 4 nitrogen and oxygen atoms in total. The Labute approximate surface area is 134 Å². The van der Waals surface area contributed by atoms with Gasteiger partial charge in [0.05, 0.1) is 11.6 Å². The molecular weight excluding hydrogens is 330 g/mol. The molecule has 7 heteroatoms. The molecule has 110 valence electrons. The lowest BCUT2D eigenvalue weighted by Crippen LogP contribution is -2.25. The first kappa shape index (κ1) is 15.8.